The molecule has 0 saturated carbocycles. The van der Waals surface area contributed by atoms with Crippen LogP contribution in [0.1, 0.15) is 25.7 Å². The van der Waals surface area contributed by atoms with Crippen LogP contribution in [0, 0.1) is 5.82 Å². The number of carbonyl (C=O) groups excluding carboxylic acids is 1. The molecule has 1 fully saturated rings. The van der Waals surface area contributed by atoms with Crippen LogP contribution < -0.4 is 4.74 Å². The second-order valence-corrected chi connectivity index (χ2v) is 4.99. The van der Waals surface area contributed by atoms with Gasteiger partial charge in [0.1, 0.15) is 17.6 Å². The standard InChI is InChI=1S/C15H18FNO4/c16-11-4-6-12(7-5-11)21-10-8-14(18)17-9-2-1-3-13(17)15(19)20/h4-7,13H,1-3,8-10H2,(H,19,20)/t13-/m0/s1. The molecule has 1 N–H and O–H groups in total. The third-order valence-corrected chi connectivity index (χ3v) is 3.51. The molecule has 114 valence electrons. The van der Waals surface area contributed by atoms with Crippen molar-refractivity contribution >= 4 is 11.9 Å². The van der Waals surface area contributed by atoms with Crippen LogP contribution in [0.4, 0.5) is 4.39 Å². The number of benzene rings is 1. The monoisotopic (exact) mass is 295 g/mol. The molecule has 2 rings (SSSR count). The van der Waals surface area contributed by atoms with Gasteiger partial charge < -0.3 is 14.7 Å². The number of aliphatic carboxylic acids is 1. The van der Waals surface area contributed by atoms with Crippen molar-refractivity contribution < 1.29 is 23.8 Å². The van der Waals surface area contributed by atoms with Gasteiger partial charge in [-0.05, 0) is 43.5 Å². The van der Waals surface area contributed by atoms with Gasteiger partial charge in [0.15, 0.2) is 0 Å². The number of amides is 1. The fraction of sp³-hybridized carbons (Fsp3) is 0.467. The Hall–Kier alpha value is -2.11. The van der Waals surface area contributed by atoms with Gasteiger partial charge in [-0.2, -0.15) is 0 Å². The highest BCUT2D eigenvalue weighted by Crippen LogP contribution is 2.18. The Bertz CT molecular complexity index is 503. The van der Waals surface area contributed by atoms with Crippen LogP contribution in [0.25, 0.3) is 0 Å². The van der Waals surface area contributed by atoms with Crippen molar-refractivity contribution in [2.75, 3.05) is 13.2 Å². The van der Waals surface area contributed by atoms with E-state index in [1.54, 1.807) is 0 Å². The molecule has 0 spiro atoms. The quantitative estimate of drug-likeness (QED) is 0.903. The molecule has 1 amide bonds. The van der Waals surface area contributed by atoms with E-state index in [0.29, 0.717) is 18.7 Å². The number of carboxylic acids is 1. The Kier molecular flexibility index (Phi) is 5.14. The summed E-state index contributed by atoms with van der Waals surface area (Å²) in [7, 11) is 0. The topological polar surface area (TPSA) is 66.8 Å². The van der Waals surface area contributed by atoms with Crippen molar-refractivity contribution in [1.82, 2.24) is 4.90 Å². The molecule has 6 heteroatoms. The summed E-state index contributed by atoms with van der Waals surface area (Å²) in [6.07, 6.45) is 2.27. The fourth-order valence-electron chi connectivity index (χ4n) is 2.42. The Morgan fingerprint density at radius 3 is 2.67 bits per heavy atom. The normalized spacial score (nSPS) is 18.3. The van der Waals surface area contributed by atoms with Gasteiger partial charge in [0, 0.05) is 6.54 Å². The predicted molar refractivity (Wildman–Crippen MR) is 73.5 cm³/mol. The number of hydrogen-bond acceptors (Lipinski definition) is 3. The van der Waals surface area contributed by atoms with E-state index in [9.17, 15) is 14.0 Å². The second kappa shape index (κ2) is 7.06. The molecule has 1 atom stereocenters. The predicted octanol–water partition coefficient (Wildman–Crippen LogP) is 2.06. The number of piperidine rings is 1. The lowest BCUT2D eigenvalue weighted by atomic mass is 10.0. The molecule has 0 radical (unpaired) electrons. The summed E-state index contributed by atoms with van der Waals surface area (Å²) in [4.78, 5) is 24.6. The number of halogens is 1. The average molecular weight is 295 g/mol. The molecule has 0 bridgehead atoms. The molecule has 1 heterocycles. The van der Waals surface area contributed by atoms with Gasteiger partial charge in [-0.3, -0.25) is 4.79 Å². The van der Waals surface area contributed by atoms with E-state index in [1.165, 1.54) is 29.2 Å². The van der Waals surface area contributed by atoms with Gasteiger partial charge in [0.25, 0.3) is 0 Å². The minimum Gasteiger partial charge on any atom is -0.493 e. The van der Waals surface area contributed by atoms with Gasteiger partial charge in [-0.15, -0.1) is 0 Å². The van der Waals surface area contributed by atoms with Crippen LogP contribution in [-0.2, 0) is 9.59 Å². The lowest BCUT2D eigenvalue weighted by molar-refractivity contribution is -0.152. The second-order valence-electron chi connectivity index (χ2n) is 4.99. The van der Waals surface area contributed by atoms with E-state index in [1.807, 2.05) is 0 Å². The summed E-state index contributed by atoms with van der Waals surface area (Å²) in [5, 5.41) is 9.13. The summed E-state index contributed by atoms with van der Waals surface area (Å²) in [6.45, 7) is 0.625. The molecule has 1 aliphatic rings. The molecular formula is C15H18FNO4. The molecule has 1 aliphatic heterocycles. The fourth-order valence-corrected chi connectivity index (χ4v) is 2.42. The molecule has 0 aliphatic carbocycles. The van der Waals surface area contributed by atoms with Gasteiger partial charge in [0.2, 0.25) is 5.91 Å². The minimum atomic E-state index is -0.956. The Morgan fingerprint density at radius 1 is 1.29 bits per heavy atom. The minimum absolute atomic E-state index is 0.112. The van der Waals surface area contributed by atoms with Crippen molar-refractivity contribution in [3.63, 3.8) is 0 Å². The van der Waals surface area contributed by atoms with Crippen molar-refractivity contribution in [2.45, 2.75) is 31.7 Å². The zero-order chi connectivity index (χ0) is 15.2. The van der Waals surface area contributed by atoms with Gasteiger partial charge in [0.05, 0.1) is 13.0 Å². The molecule has 1 aromatic rings. The molecule has 0 unspecified atom stereocenters. The molecule has 1 aromatic carbocycles. The van der Waals surface area contributed by atoms with E-state index in [-0.39, 0.29) is 24.8 Å². The van der Waals surface area contributed by atoms with E-state index in [4.69, 9.17) is 9.84 Å². The van der Waals surface area contributed by atoms with Crippen LogP contribution in [0.2, 0.25) is 0 Å². The van der Waals surface area contributed by atoms with Gasteiger partial charge in [-0.25, -0.2) is 9.18 Å². The average Bonchev–Trinajstić information content (AvgIpc) is 2.49. The highest BCUT2D eigenvalue weighted by molar-refractivity contribution is 5.83. The Balaban J connectivity index is 1.83. The van der Waals surface area contributed by atoms with E-state index in [0.717, 1.165) is 12.8 Å². The number of hydrogen-bond donors (Lipinski definition) is 1. The first-order valence-electron chi connectivity index (χ1n) is 6.98. The van der Waals surface area contributed by atoms with E-state index in [2.05, 4.69) is 0 Å². The number of carbonyl (C=O) groups is 2. The van der Waals surface area contributed by atoms with Crippen LogP contribution in [0.5, 0.6) is 5.75 Å². The maximum Gasteiger partial charge on any atom is 0.326 e. The summed E-state index contributed by atoms with van der Waals surface area (Å²) >= 11 is 0. The van der Waals surface area contributed by atoms with Crippen molar-refractivity contribution in [3.8, 4) is 5.75 Å². The highest BCUT2D eigenvalue weighted by atomic mass is 19.1. The first-order chi connectivity index (χ1) is 10.1. The highest BCUT2D eigenvalue weighted by Gasteiger charge is 2.31. The molecule has 1 saturated heterocycles. The Morgan fingerprint density at radius 2 is 2.00 bits per heavy atom. The first-order valence-corrected chi connectivity index (χ1v) is 6.98. The maximum absolute atomic E-state index is 12.7. The Labute approximate surface area is 122 Å². The van der Waals surface area contributed by atoms with Crippen molar-refractivity contribution in [3.05, 3.63) is 30.1 Å². The third-order valence-electron chi connectivity index (χ3n) is 3.51. The summed E-state index contributed by atoms with van der Waals surface area (Å²) < 4.78 is 18.1. The number of ether oxygens (including phenoxy) is 1. The lowest BCUT2D eigenvalue weighted by Crippen LogP contribution is -2.48. The summed E-state index contributed by atoms with van der Waals surface area (Å²) in [5.41, 5.74) is 0. The van der Waals surface area contributed by atoms with E-state index < -0.39 is 12.0 Å². The van der Waals surface area contributed by atoms with Gasteiger partial charge >= 0.3 is 5.97 Å². The summed E-state index contributed by atoms with van der Waals surface area (Å²) in [5.74, 6) is -1.04. The maximum atomic E-state index is 12.7. The van der Waals surface area contributed by atoms with Crippen LogP contribution >= 0.6 is 0 Å². The molecular weight excluding hydrogens is 277 g/mol. The number of likely N-dealkylation sites (tertiary alicyclic amines) is 1. The number of carboxylic acid groups (broad SMARTS) is 1. The van der Waals surface area contributed by atoms with Crippen LogP contribution in [-0.4, -0.2) is 41.1 Å². The van der Waals surface area contributed by atoms with Crippen LogP contribution in [0.15, 0.2) is 24.3 Å². The zero-order valence-electron chi connectivity index (χ0n) is 11.6. The van der Waals surface area contributed by atoms with Crippen LogP contribution in [0.3, 0.4) is 0 Å². The van der Waals surface area contributed by atoms with Crippen molar-refractivity contribution in [1.29, 1.82) is 0 Å². The summed E-state index contributed by atoms with van der Waals surface area (Å²) in [6, 6.07) is 4.81. The zero-order valence-corrected chi connectivity index (χ0v) is 11.6. The SMILES string of the molecule is O=C(O)[C@@H]1CCCCN1C(=O)CCOc1ccc(F)cc1. The number of rotatable bonds is 5. The molecule has 5 nitrogen and oxygen atoms in total. The lowest BCUT2D eigenvalue weighted by Gasteiger charge is -2.33. The smallest absolute Gasteiger partial charge is 0.326 e. The van der Waals surface area contributed by atoms with E-state index >= 15 is 0 Å². The first kappa shape index (κ1) is 15.3. The third kappa shape index (κ3) is 4.18. The molecule has 0 aromatic heterocycles. The number of nitrogens with zero attached hydrogens (tertiary/aromatic N) is 1. The molecule has 21 heavy (non-hydrogen) atoms. The van der Waals surface area contributed by atoms with Gasteiger partial charge in [-0.1, -0.05) is 0 Å². The largest absolute Gasteiger partial charge is 0.493 e. The van der Waals surface area contributed by atoms with Crippen molar-refractivity contribution in [2.24, 2.45) is 0 Å².